The normalized spacial score (nSPS) is 24.4. The highest BCUT2D eigenvalue weighted by Gasteiger charge is 2.47. The van der Waals surface area contributed by atoms with E-state index < -0.39 is 0 Å². The molecule has 0 bridgehead atoms. The molecule has 0 unspecified atom stereocenters. The predicted molar refractivity (Wildman–Crippen MR) is 99.9 cm³/mol. The molecule has 5 nitrogen and oxygen atoms in total. The highest BCUT2D eigenvalue weighted by molar-refractivity contribution is 5.93. The van der Waals surface area contributed by atoms with Gasteiger partial charge >= 0.3 is 0 Å². The monoisotopic (exact) mass is 378 g/mol. The molecule has 2 aromatic rings. The maximum Gasteiger partial charge on any atom is 0.274 e. The number of nitrogens with zero attached hydrogens (tertiary/aromatic N) is 2. The fraction of sp³-hybridized carbons (Fsp3) is 0.474. The van der Waals surface area contributed by atoms with E-state index in [1.165, 1.54) is 6.07 Å². The number of hydrogen-bond acceptors (Lipinski definition) is 3. The molecule has 0 saturated carbocycles. The van der Waals surface area contributed by atoms with Crippen molar-refractivity contribution in [1.82, 2.24) is 20.4 Å². The zero-order valence-corrected chi connectivity index (χ0v) is 15.6. The lowest BCUT2D eigenvalue weighted by molar-refractivity contribution is 0.0707. The topological polar surface area (TPSA) is 61.0 Å². The van der Waals surface area contributed by atoms with Crippen molar-refractivity contribution >= 4 is 18.3 Å². The average Bonchev–Trinajstić information content (AvgIpc) is 3.29. The van der Waals surface area contributed by atoms with Gasteiger partial charge in [-0.1, -0.05) is 25.5 Å². The van der Waals surface area contributed by atoms with Crippen LogP contribution in [0, 0.1) is 17.7 Å². The summed E-state index contributed by atoms with van der Waals surface area (Å²) in [6, 6.07) is 8.38. The van der Waals surface area contributed by atoms with Crippen LogP contribution in [0.1, 0.15) is 41.1 Å². The highest BCUT2D eigenvalue weighted by Crippen LogP contribution is 2.43. The smallest absolute Gasteiger partial charge is 0.274 e. The van der Waals surface area contributed by atoms with Gasteiger partial charge in [-0.15, -0.1) is 12.4 Å². The highest BCUT2D eigenvalue weighted by atomic mass is 35.5. The molecule has 0 aliphatic carbocycles. The molecule has 1 amide bonds. The Labute approximate surface area is 158 Å². The molecular formula is C19H24ClFN4O. The van der Waals surface area contributed by atoms with Gasteiger partial charge in [-0.05, 0) is 36.1 Å². The Hall–Kier alpha value is -1.92. The molecule has 3 atom stereocenters. The van der Waals surface area contributed by atoms with Gasteiger partial charge in [-0.2, -0.15) is 5.10 Å². The summed E-state index contributed by atoms with van der Waals surface area (Å²) >= 11 is 0. The SMILES string of the molecule is CCCc1cc(C(=O)N2C[C@@H]3CNC[C@@H]3[C@@H]2c2cccc(F)c2)n[nH]1.Cl. The molecule has 1 aromatic heterocycles. The maximum absolute atomic E-state index is 13.8. The summed E-state index contributed by atoms with van der Waals surface area (Å²) < 4.78 is 13.8. The number of benzene rings is 1. The van der Waals surface area contributed by atoms with Gasteiger partial charge in [0.25, 0.3) is 5.91 Å². The van der Waals surface area contributed by atoms with Gasteiger partial charge in [-0.25, -0.2) is 4.39 Å². The van der Waals surface area contributed by atoms with Crippen molar-refractivity contribution in [3.63, 3.8) is 0 Å². The molecular weight excluding hydrogens is 355 g/mol. The Morgan fingerprint density at radius 1 is 1.35 bits per heavy atom. The first kappa shape index (κ1) is 18.9. The fourth-order valence-corrected chi connectivity index (χ4v) is 4.26. The van der Waals surface area contributed by atoms with E-state index in [-0.39, 0.29) is 30.2 Å². The van der Waals surface area contributed by atoms with E-state index in [9.17, 15) is 9.18 Å². The summed E-state index contributed by atoms with van der Waals surface area (Å²) in [6.07, 6.45) is 1.88. The minimum absolute atomic E-state index is 0. The van der Waals surface area contributed by atoms with Crippen LogP contribution in [0.15, 0.2) is 30.3 Å². The minimum Gasteiger partial charge on any atom is -0.330 e. The Morgan fingerprint density at radius 2 is 2.19 bits per heavy atom. The Balaban J connectivity index is 0.00000196. The second-order valence-electron chi connectivity index (χ2n) is 7.07. The number of fused-ring (bicyclic) bond motifs is 1. The van der Waals surface area contributed by atoms with Crippen molar-refractivity contribution in [2.75, 3.05) is 19.6 Å². The minimum atomic E-state index is -0.260. The fourth-order valence-electron chi connectivity index (χ4n) is 4.26. The van der Waals surface area contributed by atoms with Crippen LogP contribution >= 0.6 is 12.4 Å². The zero-order chi connectivity index (χ0) is 17.4. The largest absolute Gasteiger partial charge is 0.330 e. The molecule has 26 heavy (non-hydrogen) atoms. The first-order valence-corrected chi connectivity index (χ1v) is 8.98. The van der Waals surface area contributed by atoms with Gasteiger partial charge in [0, 0.05) is 31.2 Å². The van der Waals surface area contributed by atoms with Crippen molar-refractivity contribution in [3.8, 4) is 0 Å². The lowest BCUT2D eigenvalue weighted by atomic mass is 9.89. The third-order valence-corrected chi connectivity index (χ3v) is 5.39. The van der Waals surface area contributed by atoms with Gasteiger partial charge in [0.05, 0.1) is 6.04 Å². The summed E-state index contributed by atoms with van der Waals surface area (Å²) in [6.45, 7) is 4.55. The van der Waals surface area contributed by atoms with Gasteiger partial charge in [0.15, 0.2) is 0 Å². The van der Waals surface area contributed by atoms with Crippen molar-refractivity contribution < 1.29 is 9.18 Å². The number of hydrogen-bond donors (Lipinski definition) is 2. The molecule has 2 N–H and O–H groups in total. The van der Waals surface area contributed by atoms with E-state index in [1.807, 2.05) is 17.0 Å². The van der Waals surface area contributed by atoms with E-state index in [4.69, 9.17) is 0 Å². The van der Waals surface area contributed by atoms with Gasteiger partial charge < -0.3 is 10.2 Å². The molecule has 2 saturated heterocycles. The number of halogens is 2. The second-order valence-corrected chi connectivity index (χ2v) is 7.07. The van der Waals surface area contributed by atoms with Crippen LogP contribution in [0.3, 0.4) is 0 Å². The summed E-state index contributed by atoms with van der Waals surface area (Å²) in [7, 11) is 0. The predicted octanol–water partition coefficient (Wildman–Crippen LogP) is 2.96. The molecule has 140 valence electrons. The molecule has 2 aliphatic rings. The maximum atomic E-state index is 13.8. The van der Waals surface area contributed by atoms with Crippen LogP contribution in [0.2, 0.25) is 0 Å². The first-order valence-electron chi connectivity index (χ1n) is 8.98. The lowest BCUT2D eigenvalue weighted by Crippen LogP contribution is -2.35. The lowest BCUT2D eigenvalue weighted by Gasteiger charge is -2.28. The molecule has 3 heterocycles. The Kier molecular flexibility index (Phi) is 5.63. The van der Waals surface area contributed by atoms with Gasteiger partial charge in [0.1, 0.15) is 11.5 Å². The van der Waals surface area contributed by atoms with Crippen LogP contribution in [0.5, 0.6) is 0 Å². The average molecular weight is 379 g/mol. The van der Waals surface area contributed by atoms with Crippen LogP contribution in [0.4, 0.5) is 4.39 Å². The number of aromatic nitrogens is 2. The number of aromatic amines is 1. The quantitative estimate of drug-likeness (QED) is 0.859. The van der Waals surface area contributed by atoms with Crippen molar-refractivity contribution in [2.45, 2.75) is 25.8 Å². The van der Waals surface area contributed by atoms with Crippen LogP contribution < -0.4 is 5.32 Å². The van der Waals surface area contributed by atoms with E-state index >= 15 is 0 Å². The molecule has 4 rings (SSSR count). The standard InChI is InChI=1S/C19H23FN4O.ClH/c1-2-4-15-8-17(23-22-15)19(25)24-11-13-9-21-10-16(13)18(24)12-5-3-6-14(20)7-12;/h3,5-8,13,16,18,21H,2,4,9-11H2,1H3,(H,22,23);1H/t13-,16-,18-;/m0./s1. The van der Waals surface area contributed by atoms with E-state index in [1.54, 1.807) is 12.1 Å². The van der Waals surface area contributed by atoms with Crippen molar-refractivity contribution in [3.05, 3.63) is 53.1 Å². The molecule has 2 fully saturated rings. The van der Waals surface area contributed by atoms with Crippen molar-refractivity contribution in [1.29, 1.82) is 0 Å². The van der Waals surface area contributed by atoms with E-state index in [0.717, 1.165) is 37.2 Å². The summed E-state index contributed by atoms with van der Waals surface area (Å²) in [5.74, 6) is 0.401. The molecule has 1 aromatic carbocycles. The number of H-pyrrole nitrogens is 1. The van der Waals surface area contributed by atoms with E-state index in [0.29, 0.717) is 24.1 Å². The number of carbonyl (C=O) groups is 1. The summed E-state index contributed by atoms with van der Waals surface area (Å²) in [4.78, 5) is 15.0. The second kappa shape index (κ2) is 7.76. The molecule has 0 radical (unpaired) electrons. The Morgan fingerprint density at radius 3 is 2.96 bits per heavy atom. The van der Waals surface area contributed by atoms with Gasteiger partial charge in [-0.3, -0.25) is 9.89 Å². The molecule has 2 aliphatic heterocycles. The van der Waals surface area contributed by atoms with Gasteiger partial charge in [0.2, 0.25) is 0 Å². The summed E-state index contributed by atoms with van der Waals surface area (Å²) in [5, 5.41) is 10.6. The van der Waals surface area contributed by atoms with E-state index in [2.05, 4.69) is 22.4 Å². The number of likely N-dealkylation sites (tertiary alicyclic amines) is 1. The number of nitrogens with one attached hydrogen (secondary N) is 2. The number of amides is 1. The van der Waals surface area contributed by atoms with Crippen molar-refractivity contribution in [2.24, 2.45) is 11.8 Å². The third-order valence-electron chi connectivity index (χ3n) is 5.39. The third kappa shape index (κ3) is 3.35. The molecule has 0 spiro atoms. The summed E-state index contributed by atoms with van der Waals surface area (Å²) in [5.41, 5.74) is 2.31. The zero-order valence-electron chi connectivity index (χ0n) is 14.7. The number of rotatable bonds is 4. The first-order chi connectivity index (χ1) is 12.2. The van der Waals surface area contributed by atoms with Crippen LogP contribution in [0.25, 0.3) is 0 Å². The Bertz CT molecular complexity index is 780. The number of aryl methyl sites for hydroxylation is 1. The number of carbonyl (C=O) groups excluding carboxylic acids is 1. The van der Waals surface area contributed by atoms with Crippen LogP contribution in [-0.4, -0.2) is 40.6 Å². The molecule has 7 heteroatoms. The van der Waals surface area contributed by atoms with Crippen LogP contribution in [-0.2, 0) is 6.42 Å².